The molecule has 2 rings (SSSR count). The minimum Gasteiger partial charge on any atom is -0.379 e. The molecule has 1 fully saturated rings. The second kappa shape index (κ2) is 6.65. The van der Waals surface area contributed by atoms with E-state index in [2.05, 4.69) is 4.90 Å². The minimum absolute atomic E-state index is 0.260. The van der Waals surface area contributed by atoms with E-state index in [9.17, 15) is 9.59 Å². The van der Waals surface area contributed by atoms with Crippen molar-refractivity contribution in [3.8, 4) is 0 Å². The number of aromatic nitrogens is 2. The van der Waals surface area contributed by atoms with Crippen LogP contribution in [0.4, 0.5) is 0 Å². The molecule has 1 aromatic heterocycles. The summed E-state index contributed by atoms with van der Waals surface area (Å²) in [5, 5.41) is 0. The molecule has 106 valence electrons. The molecule has 0 spiro atoms. The Hall–Kier alpha value is -1.44. The van der Waals surface area contributed by atoms with Gasteiger partial charge in [-0.15, -0.1) is 0 Å². The molecule has 2 heterocycles. The number of hydrogen-bond donors (Lipinski definition) is 1. The van der Waals surface area contributed by atoms with Crippen molar-refractivity contribution in [3.63, 3.8) is 0 Å². The zero-order valence-electron chi connectivity index (χ0n) is 11.0. The highest BCUT2D eigenvalue weighted by Gasteiger charge is 2.11. The molecule has 19 heavy (non-hydrogen) atoms. The van der Waals surface area contributed by atoms with Gasteiger partial charge in [0, 0.05) is 51.5 Å². The highest BCUT2D eigenvalue weighted by atomic mass is 16.5. The van der Waals surface area contributed by atoms with Crippen molar-refractivity contribution in [2.24, 2.45) is 5.73 Å². The topological polar surface area (TPSA) is 82.5 Å². The van der Waals surface area contributed by atoms with Crippen LogP contribution in [-0.2, 0) is 17.8 Å². The van der Waals surface area contributed by atoms with Gasteiger partial charge in [-0.1, -0.05) is 0 Å². The predicted octanol–water partition coefficient (Wildman–Crippen LogP) is -1.70. The maximum absolute atomic E-state index is 12.1. The van der Waals surface area contributed by atoms with E-state index < -0.39 is 0 Å². The first-order valence-corrected chi connectivity index (χ1v) is 6.53. The van der Waals surface area contributed by atoms with Crippen LogP contribution in [-0.4, -0.2) is 53.4 Å². The second-order valence-corrected chi connectivity index (χ2v) is 4.52. The first kappa shape index (κ1) is 14.0. The van der Waals surface area contributed by atoms with Gasteiger partial charge in [0.05, 0.1) is 13.2 Å². The molecule has 0 unspecified atom stereocenters. The molecule has 2 N–H and O–H groups in total. The lowest BCUT2D eigenvalue weighted by atomic mass is 10.4. The van der Waals surface area contributed by atoms with Crippen LogP contribution in [0.2, 0.25) is 0 Å². The Morgan fingerprint density at radius 2 is 1.89 bits per heavy atom. The van der Waals surface area contributed by atoms with E-state index in [1.54, 1.807) is 10.8 Å². The van der Waals surface area contributed by atoms with E-state index in [4.69, 9.17) is 10.5 Å². The molecule has 1 aliphatic rings. The Morgan fingerprint density at radius 1 is 1.16 bits per heavy atom. The molecule has 1 saturated heterocycles. The quantitative estimate of drug-likeness (QED) is 0.688. The van der Waals surface area contributed by atoms with E-state index in [1.807, 2.05) is 0 Å². The van der Waals surface area contributed by atoms with Crippen molar-refractivity contribution >= 4 is 0 Å². The smallest absolute Gasteiger partial charge is 0.331 e. The van der Waals surface area contributed by atoms with Gasteiger partial charge in [0.2, 0.25) is 0 Å². The predicted molar refractivity (Wildman–Crippen MR) is 71.3 cm³/mol. The molecule has 0 amide bonds. The molecular formula is C12H20N4O3. The molecule has 7 nitrogen and oxygen atoms in total. The van der Waals surface area contributed by atoms with Crippen LogP contribution in [0, 0.1) is 0 Å². The third-order valence-corrected chi connectivity index (χ3v) is 3.25. The molecule has 0 saturated carbocycles. The SMILES string of the molecule is NCCn1c(=O)ccn(CCN2CCOCC2)c1=O. The molecular weight excluding hydrogens is 248 g/mol. The Balaban J connectivity index is 2.05. The summed E-state index contributed by atoms with van der Waals surface area (Å²) in [6.07, 6.45) is 1.55. The van der Waals surface area contributed by atoms with Crippen LogP contribution in [0.25, 0.3) is 0 Å². The Labute approximate surface area is 111 Å². The molecule has 0 atom stereocenters. The van der Waals surface area contributed by atoms with Crippen molar-refractivity contribution < 1.29 is 4.74 Å². The fourth-order valence-corrected chi connectivity index (χ4v) is 2.14. The van der Waals surface area contributed by atoms with Crippen LogP contribution in [0.3, 0.4) is 0 Å². The third kappa shape index (κ3) is 3.52. The van der Waals surface area contributed by atoms with E-state index in [0.717, 1.165) is 32.8 Å². The van der Waals surface area contributed by atoms with Gasteiger partial charge in [-0.2, -0.15) is 0 Å². The molecule has 0 radical (unpaired) electrons. The summed E-state index contributed by atoms with van der Waals surface area (Å²) in [5.74, 6) is 0. The van der Waals surface area contributed by atoms with Gasteiger partial charge in [0.15, 0.2) is 0 Å². The van der Waals surface area contributed by atoms with Crippen LogP contribution in [0.1, 0.15) is 0 Å². The lowest BCUT2D eigenvalue weighted by molar-refractivity contribution is 0.0362. The van der Waals surface area contributed by atoms with Gasteiger partial charge in [0.25, 0.3) is 5.56 Å². The van der Waals surface area contributed by atoms with Gasteiger partial charge >= 0.3 is 5.69 Å². The van der Waals surface area contributed by atoms with Gasteiger partial charge in [-0.05, 0) is 0 Å². The molecule has 0 bridgehead atoms. The number of morpholine rings is 1. The normalized spacial score (nSPS) is 16.7. The Morgan fingerprint density at radius 3 is 2.58 bits per heavy atom. The summed E-state index contributed by atoms with van der Waals surface area (Å²) in [7, 11) is 0. The lowest BCUT2D eigenvalue weighted by Gasteiger charge is -2.26. The molecule has 0 aromatic carbocycles. The summed E-state index contributed by atoms with van der Waals surface area (Å²) in [5.41, 5.74) is 4.83. The first-order chi connectivity index (χ1) is 9.22. The average molecular weight is 268 g/mol. The van der Waals surface area contributed by atoms with Gasteiger partial charge < -0.3 is 10.5 Å². The van der Waals surface area contributed by atoms with E-state index >= 15 is 0 Å². The van der Waals surface area contributed by atoms with Gasteiger partial charge in [0.1, 0.15) is 0 Å². The van der Waals surface area contributed by atoms with Gasteiger partial charge in [-0.3, -0.25) is 18.8 Å². The van der Waals surface area contributed by atoms with Gasteiger partial charge in [-0.25, -0.2) is 4.79 Å². The van der Waals surface area contributed by atoms with Crippen molar-refractivity contribution in [2.45, 2.75) is 13.1 Å². The number of hydrogen-bond acceptors (Lipinski definition) is 5. The monoisotopic (exact) mass is 268 g/mol. The minimum atomic E-state index is -0.293. The fraction of sp³-hybridized carbons (Fsp3) is 0.667. The molecule has 7 heteroatoms. The van der Waals surface area contributed by atoms with Crippen molar-refractivity contribution in [1.82, 2.24) is 14.0 Å². The number of nitrogens with two attached hydrogens (primary N) is 1. The van der Waals surface area contributed by atoms with E-state index in [0.29, 0.717) is 6.54 Å². The zero-order valence-corrected chi connectivity index (χ0v) is 11.0. The first-order valence-electron chi connectivity index (χ1n) is 6.53. The van der Waals surface area contributed by atoms with Crippen LogP contribution in [0.5, 0.6) is 0 Å². The summed E-state index contributed by atoms with van der Waals surface area (Å²) >= 11 is 0. The zero-order chi connectivity index (χ0) is 13.7. The highest BCUT2D eigenvalue weighted by Crippen LogP contribution is 1.96. The molecule has 1 aromatic rings. The fourth-order valence-electron chi connectivity index (χ4n) is 2.14. The third-order valence-electron chi connectivity index (χ3n) is 3.25. The van der Waals surface area contributed by atoms with Crippen molar-refractivity contribution in [2.75, 3.05) is 39.4 Å². The van der Waals surface area contributed by atoms with Crippen molar-refractivity contribution in [3.05, 3.63) is 33.1 Å². The van der Waals surface area contributed by atoms with Crippen LogP contribution < -0.4 is 17.0 Å². The molecule has 0 aliphatic carbocycles. The number of nitrogens with zero attached hydrogens (tertiary/aromatic N) is 3. The van der Waals surface area contributed by atoms with E-state index in [-0.39, 0.29) is 24.3 Å². The number of rotatable bonds is 5. The second-order valence-electron chi connectivity index (χ2n) is 4.52. The summed E-state index contributed by atoms with van der Waals surface area (Å²) in [4.78, 5) is 25.9. The van der Waals surface area contributed by atoms with E-state index in [1.165, 1.54) is 10.6 Å². The standard InChI is InChI=1S/C12H20N4O3/c13-2-4-16-11(17)1-3-15(12(16)18)6-5-14-7-9-19-10-8-14/h1,3H,2,4-10,13H2. The van der Waals surface area contributed by atoms with Crippen LogP contribution >= 0.6 is 0 Å². The van der Waals surface area contributed by atoms with Crippen LogP contribution in [0.15, 0.2) is 21.9 Å². The van der Waals surface area contributed by atoms with Crippen molar-refractivity contribution in [1.29, 1.82) is 0 Å². The lowest BCUT2D eigenvalue weighted by Crippen LogP contribution is -2.43. The largest absolute Gasteiger partial charge is 0.379 e. The summed E-state index contributed by atoms with van der Waals surface area (Å²) in [6.45, 7) is 5.14. The highest BCUT2D eigenvalue weighted by molar-refractivity contribution is 4.86. The Bertz CT molecular complexity index is 516. The summed E-state index contributed by atoms with van der Waals surface area (Å²) in [6, 6.07) is 1.41. The Kier molecular flexibility index (Phi) is 4.89. The summed E-state index contributed by atoms with van der Waals surface area (Å²) < 4.78 is 8.01. The number of ether oxygens (including phenoxy) is 1. The maximum Gasteiger partial charge on any atom is 0.331 e. The average Bonchev–Trinajstić information content (AvgIpc) is 2.44. The molecule has 1 aliphatic heterocycles. The maximum atomic E-state index is 12.1.